The van der Waals surface area contributed by atoms with Crippen LogP contribution in [0.5, 0.6) is 0 Å². The first kappa shape index (κ1) is 14.0. The molecule has 5 nitrogen and oxygen atoms in total. The van der Waals surface area contributed by atoms with Crippen LogP contribution in [0.15, 0.2) is 0 Å². The zero-order valence-corrected chi connectivity index (χ0v) is 10.7. The Morgan fingerprint density at radius 2 is 1.88 bits per heavy atom. The molecule has 1 fully saturated rings. The van der Waals surface area contributed by atoms with Crippen molar-refractivity contribution in [1.29, 1.82) is 0 Å². The minimum Gasteiger partial charge on any atom is -0.481 e. The van der Waals surface area contributed by atoms with Crippen LogP contribution in [0.3, 0.4) is 0 Å². The average Bonchev–Trinajstić information content (AvgIpc) is 2.22. The third-order valence-corrected chi connectivity index (χ3v) is 3.29. The number of rotatable bonds is 7. The minimum atomic E-state index is -0.708. The molecule has 0 unspecified atom stereocenters. The number of aliphatic carboxylic acids is 1. The maximum Gasteiger partial charge on any atom is 0.309 e. The van der Waals surface area contributed by atoms with Crippen molar-refractivity contribution in [2.75, 3.05) is 32.7 Å². The number of carbonyl (C=O) groups is 2. The van der Waals surface area contributed by atoms with Crippen molar-refractivity contribution in [3.8, 4) is 0 Å². The van der Waals surface area contributed by atoms with Gasteiger partial charge >= 0.3 is 5.97 Å². The van der Waals surface area contributed by atoms with E-state index in [2.05, 4.69) is 4.90 Å². The fourth-order valence-electron chi connectivity index (χ4n) is 2.10. The third kappa shape index (κ3) is 4.00. The molecule has 17 heavy (non-hydrogen) atoms. The Morgan fingerprint density at radius 1 is 1.29 bits per heavy atom. The molecule has 1 rings (SSSR count). The van der Waals surface area contributed by atoms with E-state index in [-0.39, 0.29) is 11.8 Å². The predicted octanol–water partition coefficient (Wildman–Crippen LogP) is 0.651. The van der Waals surface area contributed by atoms with E-state index < -0.39 is 5.97 Å². The zero-order valence-electron chi connectivity index (χ0n) is 10.7. The number of carbonyl (C=O) groups excluding carboxylic acids is 1. The van der Waals surface area contributed by atoms with E-state index >= 15 is 0 Å². The van der Waals surface area contributed by atoms with Crippen molar-refractivity contribution in [3.63, 3.8) is 0 Å². The van der Waals surface area contributed by atoms with Crippen LogP contribution in [0.4, 0.5) is 0 Å². The molecule has 0 aromatic heterocycles. The van der Waals surface area contributed by atoms with Gasteiger partial charge in [-0.3, -0.25) is 9.59 Å². The van der Waals surface area contributed by atoms with Gasteiger partial charge in [-0.15, -0.1) is 0 Å². The summed E-state index contributed by atoms with van der Waals surface area (Å²) in [5.74, 6) is -0.709. The van der Waals surface area contributed by atoms with Gasteiger partial charge in [0, 0.05) is 32.6 Å². The predicted molar refractivity (Wildman–Crippen MR) is 64.7 cm³/mol. The van der Waals surface area contributed by atoms with Crippen LogP contribution in [-0.4, -0.2) is 59.5 Å². The van der Waals surface area contributed by atoms with Gasteiger partial charge in [0.05, 0.1) is 5.92 Å². The number of likely N-dealkylation sites (tertiary alicyclic amines) is 1. The molecule has 0 aromatic carbocycles. The van der Waals surface area contributed by atoms with Crippen LogP contribution >= 0.6 is 0 Å². The number of carboxylic acids is 1. The lowest BCUT2D eigenvalue weighted by atomic mass is 10.0. The van der Waals surface area contributed by atoms with Crippen LogP contribution in [0.2, 0.25) is 0 Å². The molecule has 1 heterocycles. The molecular weight excluding hydrogens is 220 g/mol. The minimum absolute atomic E-state index is 0.199. The second-order valence-electron chi connectivity index (χ2n) is 4.46. The van der Waals surface area contributed by atoms with E-state index in [9.17, 15) is 9.59 Å². The molecule has 1 aliphatic rings. The quantitative estimate of drug-likeness (QED) is 0.712. The molecule has 0 aromatic rings. The van der Waals surface area contributed by atoms with Gasteiger partial charge in [-0.2, -0.15) is 0 Å². The number of hydrogen-bond donors (Lipinski definition) is 1. The summed E-state index contributed by atoms with van der Waals surface area (Å²) in [6.07, 6.45) is 1.39. The first-order chi connectivity index (χ1) is 8.08. The molecule has 98 valence electrons. The monoisotopic (exact) mass is 242 g/mol. The first-order valence-electron chi connectivity index (χ1n) is 6.31. The van der Waals surface area contributed by atoms with Crippen LogP contribution in [-0.2, 0) is 9.59 Å². The molecule has 0 atom stereocenters. The molecule has 1 N–H and O–H groups in total. The maximum atomic E-state index is 11.7. The summed E-state index contributed by atoms with van der Waals surface area (Å²) in [6.45, 7) is 7.59. The lowest BCUT2D eigenvalue weighted by molar-refractivity contribution is -0.147. The summed E-state index contributed by atoms with van der Waals surface area (Å²) < 4.78 is 0. The van der Waals surface area contributed by atoms with E-state index in [1.54, 1.807) is 0 Å². The molecular formula is C12H22N2O3. The van der Waals surface area contributed by atoms with Crippen molar-refractivity contribution < 1.29 is 14.7 Å². The summed E-state index contributed by atoms with van der Waals surface area (Å²) in [5.41, 5.74) is 0. The number of hydrogen-bond acceptors (Lipinski definition) is 3. The highest BCUT2D eigenvalue weighted by Crippen LogP contribution is 2.16. The van der Waals surface area contributed by atoms with Crippen molar-refractivity contribution in [2.24, 2.45) is 5.92 Å². The summed E-state index contributed by atoms with van der Waals surface area (Å²) in [5, 5.41) is 8.71. The molecule has 0 bridgehead atoms. The second-order valence-corrected chi connectivity index (χ2v) is 4.46. The van der Waals surface area contributed by atoms with Gasteiger partial charge in [-0.25, -0.2) is 0 Å². The molecule has 0 saturated carbocycles. The van der Waals surface area contributed by atoms with Gasteiger partial charge in [0.25, 0.3) is 0 Å². The van der Waals surface area contributed by atoms with Gasteiger partial charge in [-0.05, 0) is 26.8 Å². The van der Waals surface area contributed by atoms with Crippen molar-refractivity contribution in [3.05, 3.63) is 0 Å². The van der Waals surface area contributed by atoms with Gasteiger partial charge < -0.3 is 14.9 Å². The van der Waals surface area contributed by atoms with E-state index in [1.165, 1.54) is 0 Å². The fraction of sp³-hybridized carbons (Fsp3) is 0.833. The van der Waals surface area contributed by atoms with Gasteiger partial charge in [0.15, 0.2) is 0 Å². The molecule has 0 spiro atoms. The first-order valence-corrected chi connectivity index (χ1v) is 6.31. The van der Waals surface area contributed by atoms with Crippen LogP contribution < -0.4 is 0 Å². The summed E-state index contributed by atoms with van der Waals surface area (Å²) in [7, 11) is 0. The lowest BCUT2D eigenvalue weighted by Crippen LogP contribution is -2.50. The van der Waals surface area contributed by atoms with Crippen LogP contribution in [0.1, 0.15) is 26.7 Å². The number of carboxylic acid groups (broad SMARTS) is 1. The molecule has 1 aliphatic heterocycles. The van der Waals surface area contributed by atoms with Crippen LogP contribution in [0, 0.1) is 5.92 Å². The third-order valence-electron chi connectivity index (χ3n) is 3.29. The van der Waals surface area contributed by atoms with Crippen molar-refractivity contribution in [1.82, 2.24) is 9.80 Å². The molecule has 1 saturated heterocycles. The average molecular weight is 242 g/mol. The molecule has 0 radical (unpaired) electrons. The number of amides is 1. The Balaban J connectivity index is 2.09. The lowest BCUT2D eigenvalue weighted by Gasteiger charge is -2.36. The summed E-state index contributed by atoms with van der Waals surface area (Å²) in [4.78, 5) is 26.2. The molecule has 5 heteroatoms. The van der Waals surface area contributed by atoms with Gasteiger partial charge in [0.1, 0.15) is 0 Å². The Bertz CT molecular complexity index is 271. The smallest absolute Gasteiger partial charge is 0.309 e. The van der Waals surface area contributed by atoms with E-state index in [0.29, 0.717) is 19.5 Å². The van der Waals surface area contributed by atoms with Gasteiger partial charge in [0.2, 0.25) is 5.91 Å². The van der Waals surface area contributed by atoms with E-state index in [0.717, 1.165) is 26.1 Å². The standard InChI is InChI=1S/C12H22N2O3/c1-3-14(4-2)11(15)6-5-7-13-8-10(9-13)12(16)17/h10H,3-9H2,1-2H3,(H,16,17). The zero-order chi connectivity index (χ0) is 12.8. The maximum absolute atomic E-state index is 11.7. The van der Waals surface area contributed by atoms with Crippen molar-refractivity contribution >= 4 is 11.9 Å². The Labute approximate surface area is 102 Å². The normalized spacial score (nSPS) is 16.6. The number of nitrogens with zero attached hydrogens (tertiary/aromatic N) is 2. The van der Waals surface area contributed by atoms with Gasteiger partial charge in [-0.1, -0.05) is 0 Å². The van der Waals surface area contributed by atoms with Crippen molar-refractivity contribution in [2.45, 2.75) is 26.7 Å². The fourth-order valence-corrected chi connectivity index (χ4v) is 2.10. The Hall–Kier alpha value is -1.10. The topological polar surface area (TPSA) is 60.9 Å². The Kier molecular flexibility index (Phi) is 5.41. The Morgan fingerprint density at radius 3 is 2.35 bits per heavy atom. The van der Waals surface area contributed by atoms with E-state index in [4.69, 9.17) is 5.11 Å². The van der Waals surface area contributed by atoms with E-state index in [1.807, 2.05) is 18.7 Å². The van der Waals surface area contributed by atoms with Crippen LogP contribution in [0.25, 0.3) is 0 Å². The highest BCUT2D eigenvalue weighted by molar-refractivity contribution is 5.76. The molecule has 1 amide bonds. The highest BCUT2D eigenvalue weighted by atomic mass is 16.4. The SMILES string of the molecule is CCN(CC)C(=O)CCCN1CC(C(=O)O)C1. The summed E-state index contributed by atoms with van der Waals surface area (Å²) in [6, 6.07) is 0. The second kappa shape index (κ2) is 6.59. The summed E-state index contributed by atoms with van der Waals surface area (Å²) >= 11 is 0. The molecule has 0 aliphatic carbocycles. The largest absolute Gasteiger partial charge is 0.481 e. The highest BCUT2D eigenvalue weighted by Gasteiger charge is 2.31.